The maximum Gasteiger partial charge on any atom is 0.339 e. The third-order valence-corrected chi connectivity index (χ3v) is 5.87. The lowest BCUT2D eigenvalue weighted by molar-refractivity contribution is -0.125. The van der Waals surface area contributed by atoms with Crippen molar-refractivity contribution in [2.45, 2.75) is 24.4 Å². The molecule has 3 rings (SSSR count). The summed E-state index contributed by atoms with van der Waals surface area (Å²) in [7, 11) is 0. The van der Waals surface area contributed by atoms with E-state index in [4.69, 9.17) is 20.8 Å². The third kappa shape index (κ3) is 7.69. The van der Waals surface area contributed by atoms with Crippen molar-refractivity contribution in [1.29, 1.82) is 0 Å². The van der Waals surface area contributed by atoms with Crippen molar-refractivity contribution < 1.29 is 23.5 Å². The van der Waals surface area contributed by atoms with Gasteiger partial charge in [0.1, 0.15) is 5.76 Å². The topological polar surface area (TPSA) is 97.6 Å². The van der Waals surface area contributed by atoms with Crippen LogP contribution in [0.4, 0.5) is 0 Å². The van der Waals surface area contributed by atoms with E-state index < -0.39 is 18.5 Å². The lowest BCUT2D eigenvalue weighted by Gasteiger charge is -2.15. The number of hydrogen-bond acceptors (Lipinski definition) is 6. The summed E-state index contributed by atoms with van der Waals surface area (Å²) < 4.78 is 10.4. The molecule has 172 valence electrons. The maximum absolute atomic E-state index is 12.6. The Morgan fingerprint density at radius 3 is 2.64 bits per heavy atom. The summed E-state index contributed by atoms with van der Waals surface area (Å²) in [6, 6.07) is 17.2. The minimum atomic E-state index is -0.639. The monoisotopic (exact) mass is 486 g/mol. The van der Waals surface area contributed by atoms with Gasteiger partial charge in [-0.25, -0.2) is 4.79 Å². The number of ether oxygens (including phenoxy) is 1. The number of thioether (sulfide) groups is 1. The van der Waals surface area contributed by atoms with E-state index in [1.165, 1.54) is 18.0 Å². The van der Waals surface area contributed by atoms with Crippen LogP contribution in [0.25, 0.3) is 0 Å². The Morgan fingerprint density at radius 2 is 1.88 bits per heavy atom. The van der Waals surface area contributed by atoms with Crippen LogP contribution in [0.15, 0.2) is 76.2 Å². The number of esters is 1. The van der Waals surface area contributed by atoms with E-state index in [9.17, 15) is 14.4 Å². The van der Waals surface area contributed by atoms with Crippen LogP contribution in [0.5, 0.6) is 0 Å². The van der Waals surface area contributed by atoms with Crippen LogP contribution in [0, 0.1) is 0 Å². The first-order valence-electron chi connectivity index (χ1n) is 10.1. The number of hydrogen-bond donors (Lipinski definition) is 2. The van der Waals surface area contributed by atoms with Gasteiger partial charge in [-0.2, -0.15) is 0 Å². The summed E-state index contributed by atoms with van der Waals surface area (Å²) in [6.45, 7) is 1.68. The first-order chi connectivity index (χ1) is 15.9. The van der Waals surface area contributed by atoms with Gasteiger partial charge in [0.05, 0.1) is 30.2 Å². The van der Waals surface area contributed by atoms with Crippen LogP contribution in [-0.2, 0) is 20.9 Å². The van der Waals surface area contributed by atoms with Crippen LogP contribution < -0.4 is 10.6 Å². The number of benzene rings is 2. The first-order valence-corrected chi connectivity index (χ1v) is 11.5. The van der Waals surface area contributed by atoms with Crippen LogP contribution >= 0.6 is 23.4 Å². The number of nitrogens with one attached hydrogen (secondary N) is 2. The van der Waals surface area contributed by atoms with Crippen molar-refractivity contribution in [3.8, 4) is 0 Å². The SMILES string of the molecule is CC(NC(=O)COC(=O)c1ccccc1SCC(=O)NCc1ccco1)c1cccc(Cl)c1. The fraction of sp³-hybridized carbons (Fsp3) is 0.208. The second-order valence-electron chi connectivity index (χ2n) is 7.06. The van der Waals surface area contributed by atoms with Gasteiger partial charge in [-0.1, -0.05) is 35.9 Å². The lowest BCUT2D eigenvalue weighted by Crippen LogP contribution is -2.31. The number of carbonyl (C=O) groups is 3. The third-order valence-electron chi connectivity index (χ3n) is 4.57. The minimum absolute atomic E-state index is 0.114. The van der Waals surface area contributed by atoms with Crippen molar-refractivity contribution >= 4 is 41.1 Å². The Labute approximate surface area is 200 Å². The van der Waals surface area contributed by atoms with Crippen molar-refractivity contribution in [2.75, 3.05) is 12.4 Å². The average Bonchev–Trinajstić information content (AvgIpc) is 3.34. The van der Waals surface area contributed by atoms with Gasteiger partial charge < -0.3 is 19.8 Å². The highest BCUT2D eigenvalue weighted by Crippen LogP contribution is 2.23. The summed E-state index contributed by atoms with van der Waals surface area (Å²) in [4.78, 5) is 37.5. The molecule has 2 amide bonds. The lowest BCUT2D eigenvalue weighted by atomic mass is 10.1. The number of halogens is 1. The van der Waals surface area contributed by atoms with Gasteiger partial charge in [0.15, 0.2) is 6.61 Å². The number of carbonyl (C=O) groups excluding carboxylic acids is 3. The van der Waals surface area contributed by atoms with Gasteiger partial charge in [0.2, 0.25) is 5.91 Å². The standard InChI is InChI=1S/C24H23ClN2O5S/c1-16(17-6-4-7-18(25)12-17)27-22(28)14-32-24(30)20-9-2-3-10-21(20)33-15-23(29)26-13-19-8-5-11-31-19/h2-12,16H,13-15H2,1H3,(H,26,29)(H,27,28). The van der Waals surface area contributed by atoms with Crippen LogP contribution in [0.2, 0.25) is 5.02 Å². The molecule has 0 aliphatic heterocycles. The molecule has 1 heterocycles. The number of furan rings is 1. The molecule has 0 fully saturated rings. The molecule has 0 saturated carbocycles. The van der Waals surface area contributed by atoms with E-state index in [-0.39, 0.29) is 23.3 Å². The molecule has 1 aromatic heterocycles. The molecule has 2 N–H and O–H groups in total. The molecular weight excluding hydrogens is 464 g/mol. The molecule has 0 radical (unpaired) electrons. The van der Waals surface area contributed by atoms with Gasteiger partial charge >= 0.3 is 5.97 Å². The maximum atomic E-state index is 12.6. The first kappa shape index (κ1) is 24.4. The fourth-order valence-corrected chi connectivity index (χ4v) is 3.97. The average molecular weight is 487 g/mol. The minimum Gasteiger partial charge on any atom is -0.467 e. The Bertz CT molecular complexity index is 1100. The Morgan fingerprint density at radius 1 is 1.06 bits per heavy atom. The number of amides is 2. The second kappa shape index (κ2) is 12.1. The second-order valence-corrected chi connectivity index (χ2v) is 8.51. The molecule has 0 aliphatic carbocycles. The summed E-state index contributed by atoms with van der Waals surface area (Å²) in [5, 5.41) is 6.09. The smallest absolute Gasteiger partial charge is 0.339 e. The summed E-state index contributed by atoms with van der Waals surface area (Å²) in [6.07, 6.45) is 1.54. The van der Waals surface area contributed by atoms with Crippen molar-refractivity contribution in [1.82, 2.24) is 10.6 Å². The van der Waals surface area contributed by atoms with Gasteiger partial charge in [-0.3, -0.25) is 9.59 Å². The molecule has 9 heteroatoms. The van der Waals surface area contributed by atoms with Gasteiger partial charge in [-0.15, -0.1) is 11.8 Å². The van der Waals surface area contributed by atoms with E-state index in [0.29, 0.717) is 22.2 Å². The molecule has 3 aromatic rings. The predicted molar refractivity (Wildman–Crippen MR) is 126 cm³/mol. The van der Waals surface area contributed by atoms with Gasteiger partial charge in [0, 0.05) is 9.92 Å². The molecule has 7 nitrogen and oxygen atoms in total. The predicted octanol–water partition coefficient (Wildman–Crippen LogP) is 4.38. The zero-order valence-corrected chi connectivity index (χ0v) is 19.4. The fourth-order valence-electron chi connectivity index (χ4n) is 2.91. The zero-order valence-electron chi connectivity index (χ0n) is 17.9. The van der Waals surface area contributed by atoms with E-state index in [1.807, 2.05) is 13.0 Å². The molecule has 0 aliphatic rings. The number of rotatable bonds is 10. The Kier molecular flexibility index (Phi) is 8.97. The zero-order chi connectivity index (χ0) is 23.6. The van der Waals surface area contributed by atoms with E-state index in [2.05, 4.69) is 10.6 Å². The normalized spacial score (nSPS) is 11.5. The Hall–Kier alpha value is -3.23. The molecule has 2 aromatic carbocycles. The van der Waals surface area contributed by atoms with E-state index in [0.717, 1.165) is 5.56 Å². The van der Waals surface area contributed by atoms with Crippen LogP contribution in [0.1, 0.15) is 34.6 Å². The molecule has 0 saturated heterocycles. The highest BCUT2D eigenvalue weighted by molar-refractivity contribution is 8.00. The quantitative estimate of drug-likeness (QED) is 0.326. The van der Waals surface area contributed by atoms with E-state index in [1.54, 1.807) is 54.6 Å². The van der Waals surface area contributed by atoms with E-state index >= 15 is 0 Å². The van der Waals surface area contributed by atoms with Crippen molar-refractivity contribution in [3.63, 3.8) is 0 Å². The highest BCUT2D eigenvalue weighted by Gasteiger charge is 2.17. The molecular formula is C24H23ClN2O5S. The van der Waals surface area contributed by atoms with Gasteiger partial charge in [0.25, 0.3) is 5.91 Å². The molecule has 0 bridgehead atoms. The molecule has 1 atom stereocenters. The summed E-state index contributed by atoms with van der Waals surface area (Å²) in [5.41, 5.74) is 1.13. The largest absolute Gasteiger partial charge is 0.467 e. The Balaban J connectivity index is 1.48. The van der Waals surface area contributed by atoms with Crippen LogP contribution in [0.3, 0.4) is 0 Å². The summed E-state index contributed by atoms with van der Waals surface area (Å²) >= 11 is 7.19. The van der Waals surface area contributed by atoms with Gasteiger partial charge in [-0.05, 0) is 48.9 Å². The van der Waals surface area contributed by atoms with Crippen molar-refractivity contribution in [2.24, 2.45) is 0 Å². The molecule has 1 unspecified atom stereocenters. The molecule has 0 spiro atoms. The van der Waals surface area contributed by atoms with Crippen LogP contribution in [-0.4, -0.2) is 30.1 Å². The highest BCUT2D eigenvalue weighted by atomic mass is 35.5. The van der Waals surface area contributed by atoms with Crippen molar-refractivity contribution in [3.05, 3.63) is 88.8 Å². The molecule has 33 heavy (non-hydrogen) atoms. The summed E-state index contributed by atoms with van der Waals surface area (Å²) in [5.74, 6) is -0.505.